The van der Waals surface area contributed by atoms with E-state index in [-0.39, 0.29) is 0 Å². The molecule has 0 amide bonds. The van der Waals surface area contributed by atoms with E-state index in [0.717, 1.165) is 18.1 Å². The molecule has 0 saturated heterocycles. The van der Waals surface area contributed by atoms with Crippen LogP contribution in [0.3, 0.4) is 0 Å². The topological polar surface area (TPSA) is 43.6 Å². The fraction of sp³-hybridized carbons (Fsp3) is 0.300. The van der Waals surface area contributed by atoms with Crippen LogP contribution in [-0.2, 0) is 13.5 Å². The van der Waals surface area contributed by atoms with Gasteiger partial charge in [0.05, 0.1) is 0 Å². The molecule has 4 heteroatoms. The van der Waals surface area contributed by atoms with E-state index in [1.807, 2.05) is 30.7 Å². The number of aromatic nitrogens is 4. The lowest BCUT2D eigenvalue weighted by atomic mass is 10.2. The van der Waals surface area contributed by atoms with Gasteiger partial charge in [0.2, 0.25) is 0 Å². The van der Waals surface area contributed by atoms with Crippen LogP contribution in [-0.4, -0.2) is 19.7 Å². The van der Waals surface area contributed by atoms with E-state index in [1.165, 1.54) is 5.56 Å². The molecular weight excluding hydrogens is 176 g/mol. The number of pyridine rings is 1. The number of hydrogen-bond acceptors (Lipinski definition) is 3. The maximum Gasteiger partial charge on any atom is 0.137 e. The molecule has 0 aliphatic carbocycles. The van der Waals surface area contributed by atoms with Crippen LogP contribution in [0.2, 0.25) is 0 Å². The second kappa shape index (κ2) is 3.57. The van der Waals surface area contributed by atoms with Gasteiger partial charge < -0.3 is 4.57 Å². The first-order chi connectivity index (χ1) is 6.77. The van der Waals surface area contributed by atoms with Crippen LogP contribution in [0.5, 0.6) is 0 Å². The minimum absolute atomic E-state index is 0.805. The summed E-state index contributed by atoms with van der Waals surface area (Å²) in [5, 5.41) is 8.11. The summed E-state index contributed by atoms with van der Waals surface area (Å²) in [5.74, 6) is 1.92. The molecule has 0 N–H and O–H groups in total. The summed E-state index contributed by atoms with van der Waals surface area (Å²) in [6.07, 6.45) is 4.39. The first-order valence-corrected chi connectivity index (χ1v) is 4.51. The molecule has 0 fully saturated rings. The first kappa shape index (κ1) is 8.87. The van der Waals surface area contributed by atoms with Crippen LogP contribution in [0.15, 0.2) is 24.5 Å². The maximum absolute atomic E-state index is 4.10. The molecule has 0 aromatic carbocycles. The molecular formula is C10H12N4. The van der Waals surface area contributed by atoms with Gasteiger partial charge in [-0.05, 0) is 24.6 Å². The molecule has 2 aromatic heterocycles. The molecule has 72 valence electrons. The van der Waals surface area contributed by atoms with Crippen LogP contribution in [0, 0.1) is 6.92 Å². The SMILES string of the molecule is Cc1nnc(Cc2ccncc2)n1C. The van der Waals surface area contributed by atoms with Crippen molar-refractivity contribution in [3.63, 3.8) is 0 Å². The predicted molar refractivity (Wildman–Crippen MR) is 52.8 cm³/mol. The highest BCUT2D eigenvalue weighted by molar-refractivity contribution is 5.15. The van der Waals surface area contributed by atoms with Gasteiger partial charge in [0.25, 0.3) is 0 Å². The van der Waals surface area contributed by atoms with Gasteiger partial charge in [0, 0.05) is 25.9 Å². The van der Waals surface area contributed by atoms with Gasteiger partial charge in [0.1, 0.15) is 11.6 Å². The third kappa shape index (κ3) is 1.64. The molecule has 0 atom stereocenters. The Hall–Kier alpha value is -1.71. The van der Waals surface area contributed by atoms with E-state index in [9.17, 15) is 0 Å². The van der Waals surface area contributed by atoms with E-state index < -0.39 is 0 Å². The van der Waals surface area contributed by atoms with E-state index in [4.69, 9.17) is 0 Å². The van der Waals surface area contributed by atoms with Crippen molar-refractivity contribution in [3.8, 4) is 0 Å². The number of rotatable bonds is 2. The standard InChI is InChI=1S/C10H12N4/c1-8-12-13-10(14(8)2)7-9-3-5-11-6-4-9/h3-6H,7H2,1-2H3. The van der Waals surface area contributed by atoms with Crippen LogP contribution >= 0.6 is 0 Å². The van der Waals surface area contributed by atoms with E-state index in [1.54, 1.807) is 12.4 Å². The van der Waals surface area contributed by atoms with Crippen molar-refractivity contribution in [3.05, 3.63) is 41.7 Å². The summed E-state index contributed by atoms with van der Waals surface area (Å²) in [4.78, 5) is 3.97. The molecule has 0 radical (unpaired) electrons. The highest BCUT2D eigenvalue weighted by atomic mass is 15.3. The molecule has 0 saturated carbocycles. The van der Waals surface area contributed by atoms with E-state index in [2.05, 4.69) is 15.2 Å². The Kier molecular flexibility index (Phi) is 2.26. The fourth-order valence-electron chi connectivity index (χ4n) is 1.29. The minimum atomic E-state index is 0.805. The monoisotopic (exact) mass is 188 g/mol. The second-order valence-corrected chi connectivity index (χ2v) is 3.25. The first-order valence-electron chi connectivity index (χ1n) is 4.51. The zero-order valence-corrected chi connectivity index (χ0v) is 8.31. The molecule has 0 aliphatic heterocycles. The highest BCUT2D eigenvalue weighted by Crippen LogP contribution is 2.06. The summed E-state index contributed by atoms with van der Waals surface area (Å²) in [7, 11) is 1.98. The zero-order valence-electron chi connectivity index (χ0n) is 8.31. The third-order valence-corrected chi connectivity index (χ3v) is 2.29. The van der Waals surface area contributed by atoms with Gasteiger partial charge in [-0.15, -0.1) is 10.2 Å². The lowest BCUT2D eigenvalue weighted by molar-refractivity contribution is 0.796. The normalized spacial score (nSPS) is 10.4. The molecule has 2 aromatic rings. The quantitative estimate of drug-likeness (QED) is 0.709. The molecule has 2 rings (SSSR count). The average molecular weight is 188 g/mol. The van der Waals surface area contributed by atoms with Crippen molar-refractivity contribution in [2.24, 2.45) is 7.05 Å². The van der Waals surface area contributed by atoms with Gasteiger partial charge in [-0.1, -0.05) is 0 Å². The van der Waals surface area contributed by atoms with E-state index >= 15 is 0 Å². The highest BCUT2D eigenvalue weighted by Gasteiger charge is 2.04. The third-order valence-electron chi connectivity index (χ3n) is 2.29. The van der Waals surface area contributed by atoms with Crippen LogP contribution < -0.4 is 0 Å². The molecule has 14 heavy (non-hydrogen) atoms. The molecule has 0 aliphatic rings. The van der Waals surface area contributed by atoms with Gasteiger partial charge >= 0.3 is 0 Å². The Morgan fingerprint density at radius 1 is 1.21 bits per heavy atom. The fourth-order valence-corrected chi connectivity index (χ4v) is 1.29. The van der Waals surface area contributed by atoms with Crippen molar-refractivity contribution in [2.75, 3.05) is 0 Å². The number of hydrogen-bond donors (Lipinski definition) is 0. The summed E-state index contributed by atoms with van der Waals surface area (Å²) < 4.78 is 2.00. The lowest BCUT2D eigenvalue weighted by Gasteiger charge is -2.00. The molecule has 0 bridgehead atoms. The predicted octanol–water partition coefficient (Wildman–Crippen LogP) is 1.11. The van der Waals surface area contributed by atoms with Crippen LogP contribution in [0.1, 0.15) is 17.2 Å². The summed E-state index contributed by atoms with van der Waals surface area (Å²) in [6, 6.07) is 3.98. The Bertz CT molecular complexity index is 419. The van der Waals surface area contributed by atoms with Crippen LogP contribution in [0.4, 0.5) is 0 Å². The zero-order chi connectivity index (χ0) is 9.97. The van der Waals surface area contributed by atoms with Crippen molar-refractivity contribution >= 4 is 0 Å². The number of aryl methyl sites for hydroxylation is 1. The summed E-state index contributed by atoms with van der Waals surface area (Å²) in [5.41, 5.74) is 1.20. The van der Waals surface area contributed by atoms with Crippen molar-refractivity contribution in [1.82, 2.24) is 19.7 Å². The molecule has 0 unspecified atom stereocenters. The Labute approximate surface area is 82.6 Å². The average Bonchev–Trinajstić information content (AvgIpc) is 2.52. The minimum Gasteiger partial charge on any atom is -0.318 e. The van der Waals surface area contributed by atoms with E-state index in [0.29, 0.717) is 0 Å². The lowest BCUT2D eigenvalue weighted by Crippen LogP contribution is -2.00. The molecule has 2 heterocycles. The summed E-state index contributed by atoms with van der Waals surface area (Å²) >= 11 is 0. The van der Waals surface area contributed by atoms with Gasteiger partial charge in [-0.25, -0.2) is 0 Å². The Balaban J connectivity index is 2.23. The Morgan fingerprint density at radius 3 is 2.50 bits per heavy atom. The van der Waals surface area contributed by atoms with Crippen LogP contribution in [0.25, 0.3) is 0 Å². The van der Waals surface area contributed by atoms with Gasteiger partial charge in [-0.3, -0.25) is 4.98 Å². The van der Waals surface area contributed by atoms with Crippen molar-refractivity contribution in [2.45, 2.75) is 13.3 Å². The van der Waals surface area contributed by atoms with Crippen molar-refractivity contribution < 1.29 is 0 Å². The maximum atomic E-state index is 4.10. The number of nitrogens with zero attached hydrogens (tertiary/aromatic N) is 4. The largest absolute Gasteiger partial charge is 0.318 e. The van der Waals surface area contributed by atoms with Crippen molar-refractivity contribution in [1.29, 1.82) is 0 Å². The Morgan fingerprint density at radius 2 is 1.93 bits per heavy atom. The second-order valence-electron chi connectivity index (χ2n) is 3.25. The smallest absolute Gasteiger partial charge is 0.137 e. The van der Waals surface area contributed by atoms with Gasteiger partial charge in [-0.2, -0.15) is 0 Å². The summed E-state index contributed by atoms with van der Waals surface area (Å²) in [6.45, 7) is 1.95. The molecule has 4 nitrogen and oxygen atoms in total. The molecule has 0 spiro atoms. The van der Waals surface area contributed by atoms with Gasteiger partial charge in [0.15, 0.2) is 0 Å².